The van der Waals surface area contributed by atoms with Crippen molar-refractivity contribution < 1.29 is 9.53 Å². The van der Waals surface area contributed by atoms with E-state index in [0.29, 0.717) is 6.54 Å². The highest BCUT2D eigenvalue weighted by Crippen LogP contribution is 2.30. The van der Waals surface area contributed by atoms with Gasteiger partial charge in [0.05, 0.1) is 0 Å². The zero-order chi connectivity index (χ0) is 17.8. The molecule has 1 amide bonds. The SMILES string of the molecule is CC(N)(C(=O)NCC1(N2CCCCC2)CCOCC1)c1ccccc1. The highest BCUT2D eigenvalue weighted by molar-refractivity contribution is 5.87. The third kappa shape index (κ3) is 4.05. The second-order valence-electron chi connectivity index (χ2n) is 7.64. The number of carbonyl (C=O) groups excluding carboxylic acids is 1. The van der Waals surface area contributed by atoms with Gasteiger partial charge in [-0.2, -0.15) is 0 Å². The van der Waals surface area contributed by atoms with Gasteiger partial charge in [0.1, 0.15) is 5.54 Å². The molecular weight excluding hydrogens is 314 g/mol. The summed E-state index contributed by atoms with van der Waals surface area (Å²) in [6, 6.07) is 9.59. The van der Waals surface area contributed by atoms with Crippen LogP contribution >= 0.6 is 0 Å². The average molecular weight is 345 g/mol. The smallest absolute Gasteiger partial charge is 0.244 e. The summed E-state index contributed by atoms with van der Waals surface area (Å²) < 4.78 is 5.59. The maximum atomic E-state index is 12.8. The normalized spacial score (nSPS) is 23.6. The molecule has 0 spiro atoms. The molecule has 0 bridgehead atoms. The number of rotatable bonds is 5. The molecule has 3 rings (SSSR count). The molecule has 1 atom stereocenters. The average Bonchev–Trinajstić information content (AvgIpc) is 2.68. The number of hydrogen-bond donors (Lipinski definition) is 2. The largest absolute Gasteiger partial charge is 0.381 e. The van der Waals surface area contributed by atoms with Crippen molar-refractivity contribution in [3.05, 3.63) is 35.9 Å². The molecule has 0 radical (unpaired) electrons. The number of ether oxygens (including phenoxy) is 1. The third-order valence-electron chi connectivity index (χ3n) is 5.87. The standard InChI is InChI=1S/C20H31N3O2/c1-19(21,17-8-4-2-5-9-17)18(24)22-16-20(10-14-25-15-11-20)23-12-6-3-7-13-23/h2,4-5,8-9H,3,6-7,10-16,21H2,1H3,(H,22,24). The van der Waals surface area contributed by atoms with Gasteiger partial charge in [-0.25, -0.2) is 0 Å². The minimum Gasteiger partial charge on any atom is -0.381 e. The minimum atomic E-state index is -1.02. The van der Waals surface area contributed by atoms with Gasteiger partial charge < -0.3 is 15.8 Å². The number of amides is 1. The molecule has 25 heavy (non-hydrogen) atoms. The molecule has 0 saturated carbocycles. The summed E-state index contributed by atoms with van der Waals surface area (Å²) in [5, 5.41) is 3.17. The number of nitrogens with one attached hydrogen (secondary N) is 1. The highest BCUT2D eigenvalue weighted by Gasteiger charge is 2.40. The summed E-state index contributed by atoms with van der Waals surface area (Å²) in [4.78, 5) is 15.4. The Morgan fingerprint density at radius 3 is 2.48 bits per heavy atom. The van der Waals surface area contributed by atoms with Crippen LogP contribution in [0.1, 0.15) is 44.6 Å². The monoisotopic (exact) mass is 345 g/mol. The van der Waals surface area contributed by atoms with Crippen LogP contribution < -0.4 is 11.1 Å². The van der Waals surface area contributed by atoms with Gasteiger partial charge in [0, 0.05) is 25.3 Å². The van der Waals surface area contributed by atoms with Gasteiger partial charge in [-0.1, -0.05) is 36.8 Å². The number of nitrogens with zero attached hydrogens (tertiary/aromatic N) is 1. The lowest BCUT2D eigenvalue weighted by molar-refractivity contribution is -0.127. The molecule has 0 aliphatic carbocycles. The van der Waals surface area contributed by atoms with Gasteiger partial charge >= 0.3 is 0 Å². The molecule has 0 aromatic heterocycles. The van der Waals surface area contributed by atoms with Gasteiger partial charge in [0.15, 0.2) is 0 Å². The zero-order valence-corrected chi connectivity index (χ0v) is 15.3. The van der Waals surface area contributed by atoms with E-state index in [-0.39, 0.29) is 11.4 Å². The van der Waals surface area contributed by atoms with E-state index >= 15 is 0 Å². The number of benzene rings is 1. The van der Waals surface area contributed by atoms with E-state index in [1.807, 2.05) is 30.3 Å². The van der Waals surface area contributed by atoms with Crippen molar-refractivity contribution in [2.75, 3.05) is 32.8 Å². The summed E-state index contributed by atoms with van der Waals surface area (Å²) in [5.41, 5.74) is 6.20. The first-order valence-corrected chi connectivity index (χ1v) is 9.50. The number of nitrogens with two attached hydrogens (primary N) is 1. The van der Waals surface area contributed by atoms with Crippen molar-refractivity contribution in [3.8, 4) is 0 Å². The predicted octanol–water partition coefficient (Wildman–Crippen LogP) is 2.01. The molecule has 2 saturated heterocycles. The van der Waals surface area contributed by atoms with Crippen molar-refractivity contribution in [3.63, 3.8) is 0 Å². The fourth-order valence-corrected chi connectivity index (χ4v) is 4.07. The zero-order valence-electron chi connectivity index (χ0n) is 15.3. The van der Waals surface area contributed by atoms with Crippen molar-refractivity contribution >= 4 is 5.91 Å². The lowest BCUT2D eigenvalue weighted by atomic mass is 9.85. The van der Waals surface area contributed by atoms with Crippen LogP contribution in [0.4, 0.5) is 0 Å². The molecular formula is C20H31N3O2. The first-order chi connectivity index (χ1) is 12.0. The molecule has 2 aliphatic rings. The molecule has 1 aromatic rings. The van der Waals surface area contributed by atoms with Crippen molar-refractivity contribution in [2.24, 2.45) is 5.73 Å². The van der Waals surface area contributed by atoms with E-state index < -0.39 is 5.54 Å². The van der Waals surface area contributed by atoms with Crippen LogP contribution in [0.15, 0.2) is 30.3 Å². The van der Waals surface area contributed by atoms with Gasteiger partial charge in [0.2, 0.25) is 5.91 Å². The van der Waals surface area contributed by atoms with E-state index in [1.54, 1.807) is 6.92 Å². The van der Waals surface area contributed by atoms with Crippen LogP contribution in [-0.4, -0.2) is 49.2 Å². The third-order valence-corrected chi connectivity index (χ3v) is 5.87. The van der Waals surface area contributed by atoms with E-state index in [0.717, 1.165) is 44.7 Å². The quantitative estimate of drug-likeness (QED) is 0.857. The maximum Gasteiger partial charge on any atom is 0.244 e. The van der Waals surface area contributed by atoms with Crippen LogP contribution in [0.3, 0.4) is 0 Å². The Hall–Kier alpha value is -1.43. The first-order valence-electron chi connectivity index (χ1n) is 9.50. The van der Waals surface area contributed by atoms with E-state index in [4.69, 9.17) is 10.5 Å². The number of likely N-dealkylation sites (tertiary alicyclic amines) is 1. The Kier molecular flexibility index (Phi) is 5.77. The molecule has 2 fully saturated rings. The molecule has 2 aliphatic heterocycles. The van der Waals surface area contributed by atoms with Crippen LogP contribution in [-0.2, 0) is 15.1 Å². The van der Waals surface area contributed by atoms with Gasteiger partial charge in [-0.15, -0.1) is 0 Å². The summed E-state index contributed by atoms with van der Waals surface area (Å²) in [6.07, 6.45) is 5.74. The van der Waals surface area contributed by atoms with E-state index in [1.165, 1.54) is 19.3 Å². The Morgan fingerprint density at radius 2 is 1.84 bits per heavy atom. The van der Waals surface area contributed by atoms with Crippen LogP contribution in [0.25, 0.3) is 0 Å². The van der Waals surface area contributed by atoms with Gasteiger partial charge in [-0.05, 0) is 51.3 Å². The molecule has 5 nitrogen and oxygen atoms in total. The van der Waals surface area contributed by atoms with Crippen molar-refractivity contribution in [2.45, 2.75) is 50.1 Å². The summed E-state index contributed by atoms with van der Waals surface area (Å²) in [5.74, 6) is -0.110. The molecule has 5 heteroatoms. The van der Waals surface area contributed by atoms with E-state index in [9.17, 15) is 4.79 Å². The summed E-state index contributed by atoms with van der Waals surface area (Å²) in [7, 11) is 0. The van der Waals surface area contributed by atoms with Gasteiger partial charge in [-0.3, -0.25) is 9.69 Å². The molecule has 1 unspecified atom stereocenters. The Balaban J connectivity index is 1.69. The highest BCUT2D eigenvalue weighted by atomic mass is 16.5. The number of piperidine rings is 1. The lowest BCUT2D eigenvalue weighted by Gasteiger charge is -2.48. The Morgan fingerprint density at radius 1 is 1.20 bits per heavy atom. The van der Waals surface area contributed by atoms with Gasteiger partial charge in [0.25, 0.3) is 0 Å². The molecule has 3 N–H and O–H groups in total. The molecule has 1 aromatic carbocycles. The molecule has 138 valence electrons. The second-order valence-corrected chi connectivity index (χ2v) is 7.64. The molecule has 2 heterocycles. The minimum absolute atomic E-state index is 0.0150. The van der Waals surface area contributed by atoms with Crippen molar-refractivity contribution in [1.29, 1.82) is 0 Å². The topological polar surface area (TPSA) is 67.6 Å². The summed E-state index contributed by atoms with van der Waals surface area (Å²) >= 11 is 0. The predicted molar refractivity (Wildman–Crippen MR) is 99.2 cm³/mol. The van der Waals surface area contributed by atoms with Crippen LogP contribution in [0, 0.1) is 0 Å². The Labute approximate surface area is 150 Å². The summed E-state index contributed by atoms with van der Waals surface area (Å²) in [6.45, 7) is 6.21. The Bertz CT molecular complexity index is 562. The first kappa shape index (κ1) is 18.4. The van der Waals surface area contributed by atoms with Crippen LogP contribution in [0.5, 0.6) is 0 Å². The fraction of sp³-hybridized carbons (Fsp3) is 0.650. The number of hydrogen-bond acceptors (Lipinski definition) is 4. The lowest BCUT2D eigenvalue weighted by Crippen LogP contribution is -2.61. The fourth-order valence-electron chi connectivity index (χ4n) is 4.07. The number of carbonyl (C=O) groups is 1. The van der Waals surface area contributed by atoms with Crippen LogP contribution in [0.2, 0.25) is 0 Å². The maximum absolute atomic E-state index is 12.8. The van der Waals surface area contributed by atoms with Crippen molar-refractivity contribution in [1.82, 2.24) is 10.2 Å². The van der Waals surface area contributed by atoms with E-state index in [2.05, 4.69) is 10.2 Å². The second kappa shape index (κ2) is 7.85.